The van der Waals surface area contributed by atoms with Gasteiger partial charge in [-0.05, 0) is 37.5 Å². The minimum absolute atomic E-state index is 0.0755. The van der Waals surface area contributed by atoms with Crippen molar-refractivity contribution in [2.75, 3.05) is 0 Å². The maximum atomic E-state index is 11.8. The normalized spacial score (nSPS) is 12.0. The monoisotopic (exact) mass is 232 g/mol. The first-order chi connectivity index (χ1) is 7.95. The molecule has 1 rings (SSSR count). The van der Waals surface area contributed by atoms with Crippen LogP contribution in [0.15, 0.2) is 24.8 Å². The molecule has 0 saturated heterocycles. The highest BCUT2D eigenvalue weighted by atomic mass is 16.5. The first-order valence-electron chi connectivity index (χ1n) is 5.94. The summed E-state index contributed by atoms with van der Waals surface area (Å²) in [7, 11) is 0. The Labute approximate surface area is 103 Å². The van der Waals surface area contributed by atoms with E-state index in [4.69, 9.17) is 4.74 Å². The van der Waals surface area contributed by atoms with E-state index in [0.29, 0.717) is 5.75 Å². The minimum atomic E-state index is -0.180. The van der Waals surface area contributed by atoms with Gasteiger partial charge in [0.15, 0.2) is 0 Å². The third-order valence-electron chi connectivity index (χ3n) is 2.82. The molecular weight excluding hydrogens is 212 g/mol. The van der Waals surface area contributed by atoms with Gasteiger partial charge < -0.3 is 4.74 Å². The molecular formula is C15H20O2. The molecule has 0 spiro atoms. The Morgan fingerprint density at radius 3 is 2.65 bits per heavy atom. The van der Waals surface area contributed by atoms with E-state index in [1.807, 2.05) is 45.9 Å². The van der Waals surface area contributed by atoms with E-state index in [1.54, 1.807) is 0 Å². The van der Waals surface area contributed by atoms with Crippen LogP contribution in [0.25, 0.3) is 5.57 Å². The van der Waals surface area contributed by atoms with Gasteiger partial charge in [0.25, 0.3) is 0 Å². The summed E-state index contributed by atoms with van der Waals surface area (Å²) in [5.41, 5.74) is 2.87. The van der Waals surface area contributed by atoms with Crippen molar-refractivity contribution in [3.63, 3.8) is 0 Å². The molecule has 0 amide bonds. The maximum Gasteiger partial charge on any atom is 0.314 e. The van der Waals surface area contributed by atoms with Crippen LogP contribution in [-0.4, -0.2) is 5.97 Å². The van der Waals surface area contributed by atoms with Gasteiger partial charge in [-0.15, -0.1) is 0 Å². The standard InChI is InChI=1S/C15H20O2/c1-6-12(5)15(16)17-14-9-11(4)7-8-13(14)10(2)3/h7-9,12H,2,6H2,1,3-5H3. The molecule has 0 aliphatic rings. The summed E-state index contributed by atoms with van der Waals surface area (Å²) >= 11 is 0. The number of carbonyl (C=O) groups excluding carboxylic acids is 1. The number of carbonyl (C=O) groups is 1. The smallest absolute Gasteiger partial charge is 0.314 e. The average Bonchev–Trinajstić information content (AvgIpc) is 2.27. The largest absolute Gasteiger partial charge is 0.426 e. The van der Waals surface area contributed by atoms with Crippen LogP contribution in [0, 0.1) is 12.8 Å². The van der Waals surface area contributed by atoms with Crippen molar-refractivity contribution in [1.29, 1.82) is 0 Å². The second kappa shape index (κ2) is 5.67. The lowest BCUT2D eigenvalue weighted by Crippen LogP contribution is -2.17. The van der Waals surface area contributed by atoms with Gasteiger partial charge in [-0.1, -0.05) is 32.6 Å². The Balaban J connectivity index is 3.00. The first-order valence-corrected chi connectivity index (χ1v) is 5.94. The molecule has 0 fully saturated rings. The van der Waals surface area contributed by atoms with Crippen LogP contribution in [0.1, 0.15) is 38.3 Å². The number of benzene rings is 1. The Morgan fingerprint density at radius 2 is 2.12 bits per heavy atom. The molecule has 1 unspecified atom stereocenters. The maximum absolute atomic E-state index is 11.8. The van der Waals surface area contributed by atoms with Crippen molar-refractivity contribution in [1.82, 2.24) is 0 Å². The summed E-state index contributed by atoms with van der Waals surface area (Å²) < 4.78 is 5.44. The van der Waals surface area contributed by atoms with E-state index in [9.17, 15) is 4.79 Å². The predicted octanol–water partition coefficient (Wildman–Crippen LogP) is 3.98. The highest BCUT2D eigenvalue weighted by molar-refractivity contribution is 5.77. The van der Waals surface area contributed by atoms with Crippen molar-refractivity contribution >= 4 is 11.5 Å². The van der Waals surface area contributed by atoms with Crippen LogP contribution in [0.3, 0.4) is 0 Å². The van der Waals surface area contributed by atoms with Crippen molar-refractivity contribution in [2.45, 2.75) is 34.1 Å². The summed E-state index contributed by atoms with van der Waals surface area (Å²) in [6.07, 6.45) is 0.785. The van der Waals surface area contributed by atoms with Crippen molar-refractivity contribution in [3.8, 4) is 5.75 Å². The zero-order chi connectivity index (χ0) is 13.0. The molecule has 17 heavy (non-hydrogen) atoms. The molecule has 2 heteroatoms. The van der Waals surface area contributed by atoms with Crippen LogP contribution < -0.4 is 4.74 Å². The van der Waals surface area contributed by atoms with Gasteiger partial charge in [-0.25, -0.2) is 0 Å². The quantitative estimate of drug-likeness (QED) is 0.579. The van der Waals surface area contributed by atoms with Crippen LogP contribution in [-0.2, 0) is 4.79 Å². The highest BCUT2D eigenvalue weighted by Crippen LogP contribution is 2.27. The van der Waals surface area contributed by atoms with E-state index in [0.717, 1.165) is 23.1 Å². The third-order valence-corrected chi connectivity index (χ3v) is 2.82. The molecule has 0 saturated carbocycles. The van der Waals surface area contributed by atoms with Gasteiger partial charge >= 0.3 is 5.97 Å². The number of hydrogen-bond acceptors (Lipinski definition) is 2. The van der Waals surface area contributed by atoms with Gasteiger partial charge in [0.2, 0.25) is 0 Å². The van der Waals surface area contributed by atoms with E-state index >= 15 is 0 Å². The lowest BCUT2D eigenvalue weighted by atomic mass is 10.1. The van der Waals surface area contributed by atoms with E-state index in [2.05, 4.69) is 6.58 Å². The predicted molar refractivity (Wildman–Crippen MR) is 71.0 cm³/mol. The Kier molecular flexibility index (Phi) is 4.50. The van der Waals surface area contributed by atoms with E-state index in [-0.39, 0.29) is 11.9 Å². The number of aryl methyl sites for hydroxylation is 1. The fourth-order valence-electron chi connectivity index (χ4n) is 1.44. The second-order valence-electron chi connectivity index (χ2n) is 4.51. The molecule has 1 aromatic rings. The molecule has 0 radical (unpaired) electrons. The number of esters is 1. The Hall–Kier alpha value is -1.57. The zero-order valence-corrected chi connectivity index (χ0v) is 11.0. The van der Waals surface area contributed by atoms with Crippen molar-refractivity contribution in [3.05, 3.63) is 35.9 Å². The molecule has 1 aromatic carbocycles. The fraction of sp³-hybridized carbons (Fsp3) is 0.400. The molecule has 92 valence electrons. The topological polar surface area (TPSA) is 26.3 Å². The summed E-state index contributed by atoms with van der Waals surface area (Å²) in [6, 6.07) is 5.81. The minimum Gasteiger partial charge on any atom is -0.426 e. The molecule has 0 aliphatic heterocycles. The van der Waals surface area contributed by atoms with E-state index in [1.165, 1.54) is 0 Å². The number of ether oxygens (including phenoxy) is 1. The SMILES string of the molecule is C=C(C)c1ccc(C)cc1OC(=O)C(C)CC. The van der Waals surface area contributed by atoms with Gasteiger partial charge in [-0.3, -0.25) is 4.79 Å². The van der Waals surface area contributed by atoms with Gasteiger partial charge in [0.05, 0.1) is 5.92 Å². The van der Waals surface area contributed by atoms with Crippen molar-refractivity contribution < 1.29 is 9.53 Å². The first kappa shape index (κ1) is 13.5. The summed E-state index contributed by atoms with van der Waals surface area (Å²) in [6.45, 7) is 11.6. The number of hydrogen-bond donors (Lipinski definition) is 0. The van der Waals surface area contributed by atoms with Gasteiger partial charge in [0, 0.05) is 5.56 Å². The average molecular weight is 232 g/mol. The molecule has 0 heterocycles. The summed E-state index contributed by atoms with van der Waals surface area (Å²) in [4.78, 5) is 11.8. The zero-order valence-electron chi connectivity index (χ0n) is 11.0. The number of allylic oxidation sites excluding steroid dienone is 1. The Bertz CT molecular complexity index is 433. The number of rotatable bonds is 4. The van der Waals surface area contributed by atoms with Gasteiger partial charge in [0.1, 0.15) is 5.75 Å². The van der Waals surface area contributed by atoms with Crippen LogP contribution >= 0.6 is 0 Å². The van der Waals surface area contributed by atoms with Gasteiger partial charge in [-0.2, -0.15) is 0 Å². The van der Waals surface area contributed by atoms with E-state index < -0.39 is 0 Å². The molecule has 0 aromatic heterocycles. The molecule has 1 atom stereocenters. The van der Waals surface area contributed by atoms with Crippen LogP contribution in [0.2, 0.25) is 0 Å². The Morgan fingerprint density at radius 1 is 1.47 bits per heavy atom. The molecule has 0 N–H and O–H groups in total. The lowest BCUT2D eigenvalue weighted by Gasteiger charge is -2.13. The van der Waals surface area contributed by atoms with Crippen LogP contribution in [0.4, 0.5) is 0 Å². The van der Waals surface area contributed by atoms with Crippen LogP contribution in [0.5, 0.6) is 5.75 Å². The second-order valence-corrected chi connectivity index (χ2v) is 4.51. The molecule has 0 bridgehead atoms. The molecule has 0 aliphatic carbocycles. The fourth-order valence-corrected chi connectivity index (χ4v) is 1.44. The molecule has 2 nitrogen and oxygen atoms in total. The summed E-state index contributed by atoms with van der Waals surface area (Å²) in [5.74, 6) is 0.358. The highest BCUT2D eigenvalue weighted by Gasteiger charge is 2.15. The summed E-state index contributed by atoms with van der Waals surface area (Å²) in [5, 5.41) is 0. The lowest BCUT2D eigenvalue weighted by molar-refractivity contribution is -0.138. The third kappa shape index (κ3) is 3.45. The van der Waals surface area contributed by atoms with Crippen molar-refractivity contribution in [2.24, 2.45) is 5.92 Å².